The fraction of sp³-hybridized carbons (Fsp3) is 0.500. The molecule has 0 fully saturated rings. The highest BCUT2D eigenvalue weighted by Crippen LogP contribution is 2.31. The molecule has 1 rings (SSSR count). The summed E-state index contributed by atoms with van der Waals surface area (Å²) in [6, 6.07) is 5.83. The number of methoxy groups -OCH3 is 2. The van der Waals surface area contributed by atoms with E-state index in [2.05, 4.69) is 10.1 Å². The number of carbonyl (C=O) groups is 1. The Labute approximate surface area is 129 Å². The van der Waals surface area contributed by atoms with E-state index in [1.165, 1.54) is 7.11 Å². The van der Waals surface area contributed by atoms with Crippen molar-refractivity contribution in [1.29, 1.82) is 0 Å². The third-order valence-electron chi connectivity index (χ3n) is 2.63. The van der Waals surface area contributed by atoms with Crippen LogP contribution in [0.25, 0.3) is 0 Å². The molecule has 1 aromatic carbocycles. The van der Waals surface area contributed by atoms with E-state index < -0.39 is 0 Å². The summed E-state index contributed by atoms with van der Waals surface area (Å²) in [5.41, 5.74) is 1.13. The highest BCUT2D eigenvalue weighted by molar-refractivity contribution is 7.99. The van der Waals surface area contributed by atoms with E-state index in [0.717, 1.165) is 23.5 Å². The van der Waals surface area contributed by atoms with Gasteiger partial charge in [-0.25, -0.2) is 0 Å². The van der Waals surface area contributed by atoms with Crippen LogP contribution in [0.1, 0.15) is 12.0 Å². The Hall–Kier alpha value is -0.750. The van der Waals surface area contributed by atoms with Gasteiger partial charge in [-0.05, 0) is 11.6 Å². The number of halogens is 1. The molecule has 0 amide bonds. The van der Waals surface area contributed by atoms with Gasteiger partial charge in [-0.15, -0.1) is 11.8 Å². The summed E-state index contributed by atoms with van der Waals surface area (Å²) >= 11 is 7.81. The second-order valence-electron chi connectivity index (χ2n) is 4.07. The Morgan fingerprint density at radius 2 is 2.20 bits per heavy atom. The first-order valence-corrected chi connectivity index (χ1v) is 7.72. The van der Waals surface area contributed by atoms with Crippen LogP contribution in [-0.2, 0) is 20.8 Å². The molecule has 6 heteroatoms. The minimum atomic E-state index is -0.204. The molecule has 0 aliphatic carbocycles. The van der Waals surface area contributed by atoms with Crippen LogP contribution >= 0.6 is 23.4 Å². The van der Waals surface area contributed by atoms with Crippen molar-refractivity contribution in [3.63, 3.8) is 0 Å². The van der Waals surface area contributed by atoms with Gasteiger partial charge in [0.2, 0.25) is 0 Å². The number of ether oxygens (including phenoxy) is 2. The topological polar surface area (TPSA) is 47.6 Å². The smallest absolute Gasteiger partial charge is 0.306 e. The molecule has 0 bridgehead atoms. The van der Waals surface area contributed by atoms with Crippen LogP contribution in [0.15, 0.2) is 23.1 Å². The molecule has 0 heterocycles. The molecule has 0 unspecified atom stereocenters. The van der Waals surface area contributed by atoms with Crippen LogP contribution in [-0.4, -0.2) is 39.1 Å². The SMILES string of the molecule is COCCNCc1cccc(Cl)c1SCCC(=O)OC. The van der Waals surface area contributed by atoms with E-state index in [0.29, 0.717) is 23.8 Å². The quantitative estimate of drug-likeness (QED) is 0.431. The van der Waals surface area contributed by atoms with Gasteiger partial charge in [-0.3, -0.25) is 4.79 Å². The van der Waals surface area contributed by atoms with Gasteiger partial charge in [0.05, 0.1) is 25.2 Å². The van der Waals surface area contributed by atoms with Crippen molar-refractivity contribution >= 4 is 29.3 Å². The van der Waals surface area contributed by atoms with E-state index in [4.69, 9.17) is 16.3 Å². The zero-order chi connectivity index (χ0) is 14.8. The summed E-state index contributed by atoms with van der Waals surface area (Å²) in [5, 5.41) is 4.01. The van der Waals surface area contributed by atoms with E-state index in [1.807, 2.05) is 18.2 Å². The zero-order valence-electron chi connectivity index (χ0n) is 11.8. The molecule has 0 aromatic heterocycles. The van der Waals surface area contributed by atoms with E-state index in [1.54, 1.807) is 18.9 Å². The summed E-state index contributed by atoms with van der Waals surface area (Å²) in [4.78, 5) is 12.1. The molecule has 1 N–H and O–H groups in total. The van der Waals surface area contributed by atoms with E-state index >= 15 is 0 Å². The van der Waals surface area contributed by atoms with Crippen molar-refractivity contribution in [3.05, 3.63) is 28.8 Å². The highest BCUT2D eigenvalue weighted by atomic mass is 35.5. The Balaban J connectivity index is 2.56. The lowest BCUT2D eigenvalue weighted by Crippen LogP contribution is -2.19. The lowest BCUT2D eigenvalue weighted by atomic mass is 10.2. The number of hydrogen-bond donors (Lipinski definition) is 1. The first-order valence-electron chi connectivity index (χ1n) is 6.35. The molecule has 112 valence electrons. The second kappa shape index (κ2) is 10.0. The zero-order valence-corrected chi connectivity index (χ0v) is 13.4. The molecule has 0 saturated carbocycles. The van der Waals surface area contributed by atoms with E-state index in [-0.39, 0.29) is 5.97 Å². The normalized spacial score (nSPS) is 10.6. The van der Waals surface area contributed by atoms with Crippen LogP contribution in [0.3, 0.4) is 0 Å². The molecule has 0 radical (unpaired) electrons. The Kier molecular flexibility index (Phi) is 8.69. The summed E-state index contributed by atoms with van der Waals surface area (Å²) in [6.45, 7) is 2.19. The van der Waals surface area contributed by atoms with Crippen molar-refractivity contribution in [2.75, 3.05) is 33.1 Å². The van der Waals surface area contributed by atoms with Crippen molar-refractivity contribution in [2.24, 2.45) is 0 Å². The average Bonchev–Trinajstić information content (AvgIpc) is 2.45. The molecule has 4 nitrogen and oxygen atoms in total. The molecule has 0 saturated heterocycles. The molecule has 0 aliphatic rings. The second-order valence-corrected chi connectivity index (χ2v) is 5.58. The molecule has 20 heavy (non-hydrogen) atoms. The summed E-state index contributed by atoms with van der Waals surface area (Å²) in [7, 11) is 3.07. The van der Waals surface area contributed by atoms with Crippen molar-refractivity contribution < 1.29 is 14.3 Å². The molecular formula is C14H20ClNO3S. The predicted molar refractivity (Wildman–Crippen MR) is 82.4 cm³/mol. The first kappa shape index (κ1) is 17.3. The lowest BCUT2D eigenvalue weighted by molar-refractivity contribution is -0.140. The van der Waals surface area contributed by atoms with E-state index in [9.17, 15) is 4.79 Å². The number of thioether (sulfide) groups is 1. The summed E-state index contributed by atoms with van der Waals surface area (Å²) in [5.74, 6) is 0.450. The number of nitrogens with one attached hydrogen (secondary N) is 1. The van der Waals surface area contributed by atoms with Gasteiger partial charge in [0.15, 0.2) is 0 Å². The van der Waals surface area contributed by atoms with Crippen LogP contribution in [0.5, 0.6) is 0 Å². The maximum absolute atomic E-state index is 11.1. The number of rotatable bonds is 9. The fourth-order valence-corrected chi connectivity index (χ4v) is 2.95. The maximum atomic E-state index is 11.1. The molecule has 0 spiro atoms. The summed E-state index contributed by atoms with van der Waals surface area (Å²) < 4.78 is 9.62. The van der Waals surface area contributed by atoms with Gasteiger partial charge in [-0.1, -0.05) is 23.7 Å². The molecular weight excluding hydrogens is 298 g/mol. The van der Waals surface area contributed by atoms with Gasteiger partial charge >= 0.3 is 5.97 Å². The fourth-order valence-electron chi connectivity index (χ4n) is 1.59. The lowest BCUT2D eigenvalue weighted by Gasteiger charge is -2.11. The Morgan fingerprint density at radius 3 is 2.90 bits per heavy atom. The highest BCUT2D eigenvalue weighted by Gasteiger charge is 2.09. The minimum absolute atomic E-state index is 0.204. The minimum Gasteiger partial charge on any atom is -0.469 e. The van der Waals surface area contributed by atoms with Crippen LogP contribution in [0, 0.1) is 0 Å². The third kappa shape index (κ3) is 6.13. The Morgan fingerprint density at radius 1 is 1.40 bits per heavy atom. The van der Waals surface area contributed by atoms with Crippen LogP contribution < -0.4 is 5.32 Å². The Bertz CT molecular complexity index is 429. The first-order chi connectivity index (χ1) is 9.69. The van der Waals surface area contributed by atoms with Gasteiger partial charge in [-0.2, -0.15) is 0 Å². The number of hydrogen-bond acceptors (Lipinski definition) is 5. The van der Waals surface area contributed by atoms with Crippen LogP contribution in [0.4, 0.5) is 0 Å². The summed E-state index contributed by atoms with van der Waals surface area (Å²) in [6.07, 6.45) is 0.378. The maximum Gasteiger partial charge on any atom is 0.306 e. The van der Waals surface area contributed by atoms with Crippen LogP contribution in [0.2, 0.25) is 5.02 Å². The largest absolute Gasteiger partial charge is 0.469 e. The standard InChI is InChI=1S/C14H20ClNO3S/c1-18-8-7-16-10-11-4-3-5-12(15)14(11)20-9-6-13(17)19-2/h3-5,16H,6-10H2,1-2H3. The third-order valence-corrected chi connectivity index (χ3v) is 4.23. The molecule has 0 atom stereocenters. The predicted octanol–water partition coefficient (Wildman–Crippen LogP) is 2.73. The number of esters is 1. The monoisotopic (exact) mass is 317 g/mol. The number of benzene rings is 1. The average molecular weight is 318 g/mol. The van der Waals surface area contributed by atoms with Crippen molar-refractivity contribution in [2.45, 2.75) is 17.9 Å². The van der Waals surface area contributed by atoms with Crippen molar-refractivity contribution in [1.82, 2.24) is 5.32 Å². The number of carbonyl (C=O) groups excluding carboxylic acids is 1. The van der Waals surface area contributed by atoms with Crippen molar-refractivity contribution in [3.8, 4) is 0 Å². The van der Waals surface area contributed by atoms with Gasteiger partial charge in [0.1, 0.15) is 0 Å². The molecule has 0 aliphatic heterocycles. The van der Waals surface area contributed by atoms with Gasteiger partial charge < -0.3 is 14.8 Å². The van der Waals surface area contributed by atoms with Gasteiger partial charge in [0, 0.05) is 30.8 Å². The molecule has 1 aromatic rings. The van der Waals surface area contributed by atoms with Gasteiger partial charge in [0.25, 0.3) is 0 Å².